The maximum atomic E-state index is 12.0. The van der Waals surface area contributed by atoms with E-state index in [4.69, 9.17) is 0 Å². The zero-order valence-corrected chi connectivity index (χ0v) is 11.7. The maximum absolute atomic E-state index is 12.0. The summed E-state index contributed by atoms with van der Waals surface area (Å²) in [5.41, 5.74) is 1.12. The molecule has 1 unspecified atom stereocenters. The Morgan fingerprint density at radius 3 is 2.58 bits per heavy atom. The Kier molecular flexibility index (Phi) is 5.91. The van der Waals surface area contributed by atoms with Crippen molar-refractivity contribution >= 4 is 5.78 Å². The molecule has 0 saturated heterocycles. The van der Waals surface area contributed by atoms with Gasteiger partial charge in [0.25, 0.3) is 0 Å². The quantitative estimate of drug-likeness (QED) is 0.519. The number of rotatable bonds is 2. The summed E-state index contributed by atoms with van der Waals surface area (Å²) < 4.78 is 0. The van der Waals surface area contributed by atoms with E-state index in [0.717, 1.165) is 5.57 Å². The van der Waals surface area contributed by atoms with Gasteiger partial charge in [0.15, 0.2) is 5.78 Å². The number of aliphatic hydroxyl groups excluding tert-OH is 3. The molecule has 0 bridgehead atoms. The Morgan fingerprint density at radius 1 is 1.42 bits per heavy atom. The summed E-state index contributed by atoms with van der Waals surface area (Å²) in [5.74, 6) is -0.961. The lowest BCUT2D eigenvalue weighted by Gasteiger charge is -2.31. The van der Waals surface area contributed by atoms with Gasteiger partial charge in [-0.1, -0.05) is 26.5 Å². The highest BCUT2D eigenvalue weighted by Crippen LogP contribution is 2.28. The highest BCUT2D eigenvalue weighted by Gasteiger charge is 2.35. The lowest BCUT2D eigenvalue weighted by molar-refractivity contribution is -0.130. The van der Waals surface area contributed by atoms with Crippen LogP contribution in [-0.2, 0) is 4.79 Å². The third-order valence-electron chi connectivity index (χ3n) is 3.75. The molecule has 0 aliphatic heterocycles. The Morgan fingerprint density at radius 2 is 2.05 bits per heavy atom. The van der Waals surface area contributed by atoms with Crippen LogP contribution >= 0.6 is 0 Å². The van der Waals surface area contributed by atoms with Crippen molar-refractivity contribution in [3.05, 3.63) is 23.8 Å². The van der Waals surface area contributed by atoms with Gasteiger partial charge in [0.2, 0.25) is 0 Å². The van der Waals surface area contributed by atoms with Gasteiger partial charge in [0.05, 0.1) is 12.7 Å². The first-order valence-corrected chi connectivity index (χ1v) is 6.75. The number of aliphatic hydroxyl groups is 3. The van der Waals surface area contributed by atoms with E-state index in [0.29, 0.717) is 18.4 Å². The molecule has 0 radical (unpaired) electrons. The molecule has 0 aromatic rings. The molecule has 0 spiro atoms. The third-order valence-corrected chi connectivity index (χ3v) is 3.75. The van der Waals surface area contributed by atoms with Gasteiger partial charge in [-0.3, -0.25) is 4.79 Å². The van der Waals surface area contributed by atoms with E-state index >= 15 is 0 Å². The lowest BCUT2D eigenvalue weighted by atomic mass is 9.79. The van der Waals surface area contributed by atoms with E-state index in [9.17, 15) is 20.1 Å². The fourth-order valence-electron chi connectivity index (χ4n) is 2.59. The molecule has 1 rings (SSSR count). The minimum Gasteiger partial charge on any atom is -0.392 e. The van der Waals surface area contributed by atoms with Crippen LogP contribution in [0.1, 0.15) is 33.1 Å². The summed E-state index contributed by atoms with van der Waals surface area (Å²) in [6, 6.07) is 0. The second-order valence-corrected chi connectivity index (χ2v) is 5.56. The van der Waals surface area contributed by atoms with Crippen LogP contribution in [0.5, 0.6) is 0 Å². The molecular formula is C15H24O4. The van der Waals surface area contributed by atoms with Gasteiger partial charge >= 0.3 is 0 Å². The van der Waals surface area contributed by atoms with Gasteiger partial charge in [-0.15, -0.1) is 0 Å². The van der Waals surface area contributed by atoms with Crippen LogP contribution in [0.3, 0.4) is 0 Å². The molecule has 0 amide bonds. The second kappa shape index (κ2) is 6.98. The summed E-state index contributed by atoms with van der Waals surface area (Å²) in [6.07, 6.45) is 1.13. The molecule has 0 saturated carbocycles. The number of hydrogen-bond donors (Lipinski definition) is 3. The number of carbonyl (C=O) groups is 1. The van der Waals surface area contributed by atoms with E-state index in [2.05, 4.69) is 6.58 Å². The molecule has 1 aliphatic carbocycles. The first-order chi connectivity index (χ1) is 8.88. The normalized spacial score (nSPS) is 33.2. The topological polar surface area (TPSA) is 77.8 Å². The molecule has 0 aromatic heterocycles. The second-order valence-electron chi connectivity index (χ2n) is 5.56. The van der Waals surface area contributed by atoms with E-state index in [1.165, 1.54) is 0 Å². The summed E-state index contributed by atoms with van der Waals surface area (Å²) in [5, 5.41) is 29.7. The van der Waals surface area contributed by atoms with Gasteiger partial charge in [0.1, 0.15) is 6.10 Å². The van der Waals surface area contributed by atoms with E-state index < -0.39 is 18.1 Å². The SMILES string of the molecule is C=C1CC/C=C(/CO)C[C@@H](O)C(C(C)C)[C@H](O)C1=O. The zero-order valence-electron chi connectivity index (χ0n) is 11.7. The summed E-state index contributed by atoms with van der Waals surface area (Å²) in [4.78, 5) is 12.0. The number of allylic oxidation sites excluding steroid dienone is 1. The van der Waals surface area contributed by atoms with Crippen LogP contribution in [-0.4, -0.2) is 39.9 Å². The van der Waals surface area contributed by atoms with Crippen molar-refractivity contribution in [3.8, 4) is 0 Å². The Hall–Kier alpha value is -0.970. The van der Waals surface area contributed by atoms with Crippen molar-refractivity contribution in [3.63, 3.8) is 0 Å². The van der Waals surface area contributed by atoms with Gasteiger partial charge < -0.3 is 15.3 Å². The standard InChI is InChI=1S/C15H24O4/c1-9(2)13-12(17)7-11(8-16)6-4-5-10(3)14(18)15(13)19/h6,9,12-13,15-17,19H,3-5,7-8H2,1-2H3/b11-6+/t12-,13?,15+/m1/s1. The van der Waals surface area contributed by atoms with Crippen LogP contribution in [0.2, 0.25) is 0 Å². The Bertz CT molecular complexity index is 370. The Labute approximate surface area is 114 Å². The monoisotopic (exact) mass is 268 g/mol. The van der Waals surface area contributed by atoms with E-state index in [-0.39, 0.29) is 24.7 Å². The molecule has 19 heavy (non-hydrogen) atoms. The predicted molar refractivity (Wildman–Crippen MR) is 73.5 cm³/mol. The molecule has 0 fully saturated rings. The fourth-order valence-corrected chi connectivity index (χ4v) is 2.59. The smallest absolute Gasteiger partial charge is 0.187 e. The van der Waals surface area contributed by atoms with E-state index in [1.807, 2.05) is 19.9 Å². The molecule has 4 nitrogen and oxygen atoms in total. The van der Waals surface area contributed by atoms with Crippen LogP contribution in [0.15, 0.2) is 23.8 Å². The number of ketones is 1. The summed E-state index contributed by atoms with van der Waals surface area (Å²) in [6.45, 7) is 7.32. The van der Waals surface area contributed by atoms with Crippen molar-refractivity contribution in [2.75, 3.05) is 6.61 Å². The van der Waals surface area contributed by atoms with Crippen molar-refractivity contribution in [1.82, 2.24) is 0 Å². The molecule has 1 aliphatic rings. The number of Topliss-reactive ketones (excluding diaryl/α,β-unsaturated/α-hetero) is 1. The largest absolute Gasteiger partial charge is 0.392 e. The zero-order chi connectivity index (χ0) is 14.6. The highest BCUT2D eigenvalue weighted by atomic mass is 16.3. The molecular weight excluding hydrogens is 244 g/mol. The molecule has 3 N–H and O–H groups in total. The molecule has 108 valence electrons. The van der Waals surface area contributed by atoms with Crippen molar-refractivity contribution in [1.29, 1.82) is 0 Å². The fraction of sp³-hybridized carbons (Fsp3) is 0.667. The van der Waals surface area contributed by atoms with Crippen LogP contribution < -0.4 is 0 Å². The van der Waals surface area contributed by atoms with Gasteiger partial charge in [0, 0.05) is 5.92 Å². The van der Waals surface area contributed by atoms with Crippen molar-refractivity contribution in [2.45, 2.75) is 45.3 Å². The van der Waals surface area contributed by atoms with Crippen molar-refractivity contribution < 1.29 is 20.1 Å². The van der Waals surface area contributed by atoms with Gasteiger partial charge in [-0.25, -0.2) is 0 Å². The molecule has 0 heterocycles. The lowest BCUT2D eigenvalue weighted by Crippen LogP contribution is -2.41. The number of hydrogen-bond acceptors (Lipinski definition) is 4. The van der Waals surface area contributed by atoms with Gasteiger partial charge in [-0.2, -0.15) is 0 Å². The Balaban J connectivity index is 3.07. The number of carbonyl (C=O) groups excluding carboxylic acids is 1. The molecule has 0 aromatic carbocycles. The maximum Gasteiger partial charge on any atom is 0.187 e. The first-order valence-electron chi connectivity index (χ1n) is 6.75. The van der Waals surface area contributed by atoms with Crippen molar-refractivity contribution in [2.24, 2.45) is 11.8 Å². The van der Waals surface area contributed by atoms with E-state index in [1.54, 1.807) is 0 Å². The summed E-state index contributed by atoms with van der Waals surface area (Å²) >= 11 is 0. The minimum absolute atomic E-state index is 0.0406. The predicted octanol–water partition coefficient (Wildman–Crippen LogP) is 1.21. The summed E-state index contributed by atoms with van der Waals surface area (Å²) in [7, 11) is 0. The van der Waals surface area contributed by atoms with Crippen LogP contribution in [0.25, 0.3) is 0 Å². The molecule has 4 heteroatoms. The van der Waals surface area contributed by atoms with Crippen LogP contribution in [0, 0.1) is 11.8 Å². The average molecular weight is 268 g/mol. The third kappa shape index (κ3) is 4.00. The average Bonchev–Trinajstić information content (AvgIpc) is 2.34. The molecule has 3 atom stereocenters. The minimum atomic E-state index is -1.22. The first kappa shape index (κ1) is 16.1. The van der Waals surface area contributed by atoms with Gasteiger partial charge in [-0.05, 0) is 36.3 Å². The van der Waals surface area contributed by atoms with Crippen LogP contribution in [0.4, 0.5) is 0 Å². The highest BCUT2D eigenvalue weighted by molar-refractivity contribution is 5.98.